The van der Waals surface area contributed by atoms with Gasteiger partial charge >= 0.3 is 0 Å². The third-order valence-corrected chi connectivity index (χ3v) is 3.57. The molecule has 0 bridgehead atoms. The van der Waals surface area contributed by atoms with E-state index in [1.807, 2.05) is 0 Å². The number of hydrogen-bond donors (Lipinski definition) is 1. The van der Waals surface area contributed by atoms with Gasteiger partial charge in [-0.15, -0.1) is 0 Å². The van der Waals surface area contributed by atoms with E-state index in [-0.39, 0.29) is 0 Å². The van der Waals surface area contributed by atoms with Crippen LogP contribution < -0.4 is 15.4 Å². The number of aryl methyl sites for hydroxylation is 2. The number of nitrogens with zero attached hydrogens (tertiary/aromatic N) is 1. The van der Waals surface area contributed by atoms with Crippen molar-refractivity contribution in [1.29, 1.82) is 0 Å². The maximum absolute atomic E-state index is 5.75. The van der Waals surface area contributed by atoms with Crippen LogP contribution in [-0.2, 0) is 0 Å². The van der Waals surface area contributed by atoms with Gasteiger partial charge in [0.2, 0.25) is 0 Å². The van der Waals surface area contributed by atoms with Crippen LogP contribution >= 0.6 is 0 Å². The molecule has 94 valence electrons. The average molecular weight is 234 g/mol. The molecule has 1 aliphatic rings. The van der Waals surface area contributed by atoms with Gasteiger partial charge in [0.25, 0.3) is 0 Å². The van der Waals surface area contributed by atoms with Gasteiger partial charge in [-0.2, -0.15) is 0 Å². The van der Waals surface area contributed by atoms with Crippen molar-refractivity contribution in [2.24, 2.45) is 11.7 Å². The molecule has 2 N–H and O–H groups in total. The van der Waals surface area contributed by atoms with Crippen molar-refractivity contribution in [2.75, 3.05) is 31.6 Å². The number of nitrogens with two attached hydrogens (primary N) is 1. The minimum Gasteiger partial charge on any atom is -0.495 e. The zero-order chi connectivity index (χ0) is 12.4. The van der Waals surface area contributed by atoms with Crippen molar-refractivity contribution in [3.8, 4) is 5.75 Å². The normalized spacial score (nSPS) is 19.8. The van der Waals surface area contributed by atoms with Crippen LogP contribution in [0.1, 0.15) is 17.5 Å². The van der Waals surface area contributed by atoms with Crippen molar-refractivity contribution in [1.82, 2.24) is 0 Å². The van der Waals surface area contributed by atoms with Gasteiger partial charge in [0.1, 0.15) is 5.75 Å². The van der Waals surface area contributed by atoms with Crippen LogP contribution in [0.4, 0.5) is 5.69 Å². The number of rotatable bonds is 3. The summed E-state index contributed by atoms with van der Waals surface area (Å²) in [5.41, 5.74) is 9.53. The fraction of sp³-hybridized carbons (Fsp3) is 0.571. The fourth-order valence-corrected chi connectivity index (χ4v) is 2.71. The van der Waals surface area contributed by atoms with E-state index >= 15 is 0 Å². The van der Waals surface area contributed by atoms with Crippen LogP contribution in [0, 0.1) is 19.8 Å². The predicted molar refractivity (Wildman–Crippen MR) is 71.8 cm³/mol. The van der Waals surface area contributed by atoms with E-state index in [1.54, 1.807) is 7.11 Å². The van der Waals surface area contributed by atoms with E-state index in [0.717, 1.165) is 25.4 Å². The smallest absolute Gasteiger partial charge is 0.142 e. The molecule has 1 atom stereocenters. The maximum Gasteiger partial charge on any atom is 0.142 e. The molecule has 1 saturated heterocycles. The Morgan fingerprint density at radius 2 is 2.18 bits per heavy atom. The standard InChI is InChI=1S/C14H22N2O/c1-10-6-11(2)14(13(7-10)17-3)16-5-4-12(8-15)9-16/h6-7,12H,4-5,8-9,15H2,1-3H3. The van der Waals surface area contributed by atoms with E-state index in [1.165, 1.54) is 23.2 Å². The molecular formula is C14H22N2O. The summed E-state index contributed by atoms with van der Waals surface area (Å²) < 4.78 is 5.52. The van der Waals surface area contributed by atoms with Gasteiger partial charge in [-0.1, -0.05) is 6.07 Å². The van der Waals surface area contributed by atoms with E-state index in [2.05, 4.69) is 30.9 Å². The van der Waals surface area contributed by atoms with Crippen molar-refractivity contribution >= 4 is 5.69 Å². The topological polar surface area (TPSA) is 38.5 Å². The number of methoxy groups -OCH3 is 1. The molecule has 0 aromatic heterocycles. The Morgan fingerprint density at radius 3 is 2.76 bits per heavy atom. The van der Waals surface area contributed by atoms with Crippen LogP contribution in [-0.4, -0.2) is 26.7 Å². The van der Waals surface area contributed by atoms with Gasteiger partial charge in [-0.05, 0) is 49.9 Å². The Balaban J connectivity index is 2.32. The van der Waals surface area contributed by atoms with Gasteiger partial charge in [0.05, 0.1) is 12.8 Å². The van der Waals surface area contributed by atoms with Crippen LogP contribution in [0.15, 0.2) is 12.1 Å². The second-order valence-corrected chi connectivity index (χ2v) is 4.97. The van der Waals surface area contributed by atoms with Crippen molar-refractivity contribution in [3.63, 3.8) is 0 Å². The highest BCUT2D eigenvalue weighted by atomic mass is 16.5. The first-order valence-corrected chi connectivity index (χ1v) is 6.26. The number of ether oxygens (including phenoxy) is 1. The lowest BCUT2D eigenvalue weighted by atomic mass is 10.1. The highest BCUT2D eigenvalue weighted by Gasteiger charge is 2.24. The highest BCUT2D eigenvalue weighted by molar-refractivity contribution is 5.65. The van der Waals surface area contributed by atoms with Gasteiger partial charge in [-0.3, -0.25) is 0 Å². The van der Waals surface area contributed by atoms with Crippen molar-refractivity contribution in [3.05, 3.63) is 23.3 Å². The minimum atomic E-state index is 0.625. The second kappa shape index (κ2) is 4.96. The average Bonchev–Trinajstić information content (AvgIpc) is 2.76. The van der Waals surface area contributed by atoms with Crippen molar-refractivity contribution < 1.29 is 4.74 Å². The SMILES string of the molecule is COc1cc(C)cc(C)c1N1CCC(CN)C1. The molecule has 1 fully saturated rings. The van der Waals surface area contributed by atoms with Crippen LogP contribution in [0.2, 0.25) is 0 Å². The third kappa shape index (κ3) is 2.39. The van der Waals surface area contributed by atoms with Gasteiger partial charge in [0.15, 0.2) is 0 Å². The Morgan fingerprint density at radius 1 is 1.41 bits per heavy atom. The molecule has 0 aliphatic carbocycles. The molecular weight excluding hydrogens is 212 g/mol. The molecule has 0 amide bonds. The first-order chi connectivity index (χ1) is 8.15. The Bertz CT molecular complexity index is 403. The van der Waals surface area contributed by atoms with Crippen LogP contribution in [0.5, 0.6) is 5.75 Å². The molecule has 1 aromatic carbocycles. The molecule has 0 radical (unpaired) electrons. The molecule has 0 spiro atoms. The lowest BCUT2D eigenvalue weighted by Crippen LogP contribution is -2.23. The largest absolute Gasteiger partial charge is 0.495 e. The summed E-state index contributed by atoms with van der Waals surface area (Å²) in [7, 11) is 1.74. The quantitative estimate of drug-likeness (QED) is 0.870. The third-order valence-electron chi connectivity index (χ3n) is 3.57. The van der Waals surface area contributed by atoms with Crippen molar-refractivity contribution in [2.45, 2.75) is 20.3 Å². The highest BCUT2D eigenvalue weighted by Crippen LogP contribution is 2.36. The van der Waals surface area contributed by atoms with Crippen LogP contribution in [0.3, 0.4) is 0 Å². The fourth-order valence-electron chi connectivity index (χ4n) is 2.71. The van der Waals surface area contributed by atoms with E-state index < -0.39 is 0 Å². The number of anilines is 1. The predicted octanol–water partition coefficient (Wildman–Crippen LogP) is 2.10. The first-order valence-electron chi connectivity index (χ1n) is 6.26. The zero-order valence-electron chi connectivity index (χ0n) is 11.0. The second-order valence-electron chi connectivity index (χ2n) is 4.97. The molecule has 1 heterocycles. The Hall–Kier alpha value is -1.22. The number of benzene rings is 1. The lowest BCUT2D eigenvalue weighted by Gasteiger charge is -2.24. The molecule has 1 aromatic rings. The zero-order valence-corrected chi connectivity index (χ0v) is 11.0. The molecule has 3 nitrogen and oxygen atoms in total. The molecule has 1 aliphatic heterocycles. The Labute approximate surface area is 104 Å². The molecule has 0 saturated carbocycles. The molecule has 3 heteroatoms. The summed E-state index contributed by atoms with van der Waals surface area (Å²) in [5, 5.41) is 0. The summed E-state index contributed by atoms with van der Waals surface area (Å²) >= 11 is 0. The van der Waals surface area contributed by atoms with Crippen LogP contribution in [0.25, 0.3) is 0 Å². The van der Waals surface area contributed by atoms with E-state index in [4.69, 9.17) is 10.5 Å². The van der Waals surface area contributed by atoms with Gasteiger partial charge in [-0.25, -0.2) is 0 Å². The maximum atomic E-state index is 5.75. The molecule has 17 heavy (non-hydrogen) atoms. The van der Waals surface area contributed by atoms with Gasteiger partial charge in [0, 0.05) is 13.1 Å². The molecule has 2 rings (SSSR count). The first kappa shape index (κ1) is 12.2. The molecule has 1 unspecified atom stereocenters. The van der Waals surface area contributed by atoms with E-state index in [9.17, 15) is 0 Å². The monoisotopic (exact) mass is 234 g/mol. The Kier molecular flexibility index (Phi) is 3.57. The summed E-state index contributed by atoms with van der Waals surface area (Å²) in [4.78, 5) is 2.41. The van der Waals surface area contributed by atoms with Gasteiger partial charge < -0.3 is 15.4 Å². The summed E-state index contributed by atoms with van der Waals surface area (Å²) in [6.45, 7) is 7.18. The summed E-state index contributed by atoms with van der Waals surface area (Å²) in [5.74, 6) is 1.61. The minimum absolute atomic E-state index is 0.625. The summed E-state index contributed by atoms with van der Waals surface area (Å²) in [6, 6.07) is 4.33. The lowest BCUT2D eigenvalue weighted by molar-refractivity contribution is 0.414. The summed E-state index contributed by atoms with van der Waals surface area (Å²) in [6.07, 6.45) is 1.19. The number of hydrogen-bond acceptors (Lipinski definition) is 3. The van der Waals surface area contributed by atoms with E-state index in [0.29, 0.717) is 5.92 Å².